The van der Waals surface area contributed by atoms with Gasteiger partial charge in [0.05, 0.1) is 36.5 Å². The summed E-state index contributed by atoms with van der Waals surface area (Å²) in [5.41, 5.74) is 2.88. The van der Waals surface area contributed by atoms with Gasteiger partial charge in [0.15, 0.2) is 0 Å². The van der Waals surface area contributed by atoms with E-state index in [1.807, 2.05) is 19.9 Å². The first-order chi connectivity index (χ1) is 12.9. The summed E-state index contributed by atoms with van der Waals surface area (Å²) in [7, 11) is 0. The number of carbonyl (C=O) groups is 2. The van der Waals surface area contributed by atoms with Crippen molar-refractivity contribution in [3.8, 4) is 0 Å². The van der Waals surface area contributed by atoms with Crippen LogP contribution in [0, 0.1) is 13.8 Å². The third-order valence-electron chi connectivity index (χ3n) is 4.30. The van der Waals surface area contributed by atoms with Crippen molar-refractivity contribution < 1.29 is 19.2 Å². The number of carboxylic acid groups (broad SMARTS) is 1. The molecule has 0 fully saturated rings. The minimum atomic E-state index is -1.03. The Kier molecular flexibility index (Phi) is 5.35. The van der Waals surface area contributed by atoms with Crippen molar-refractivity contribution in [1.82, 2.24) is 14.9 Å². The number of hydrogen-bond acceptors (Lipinski definition) is 5. The van der Waals surface area contributed by atoms with Gasteiger partial charge in [0, 0.05) is 11.8 Å². The predicted molar refractivity (Wildman–Crippen MR) is 97.4 cm³/mol. The normalized spacial score (nSPS) is 11.9. The Labute approximate surface area is 155 Å². The van der Waals surface area contributed by atoms with E-state index in [4.69, 9.17) is 9.63 Å². The highest BCUT2D eigenvalue weighted by atomic mass is 16.5. The third kappa shape index (κ3) is 4.41. The molecule has 3 rings (SSSR count). The van der Waals surface area contributed by atoms with Crippen molar-refractivity contribution in [2.75, 3.05) is 5.32 Å². The fraction of sp³-hybridized carbons (Fsp3) is 0.263. The van der Waals surface area contributed by atoms with E-state index in [9.17, 15) is 9.59 Å². The summed E-state index contributed by atoms with van der Waals surface area (Å²) in [6, 6.07) is 8.86. The topological polar surface area (TPSA) is 110 Å². The molecular formula is C19H20N4O4. The van der Waals surface area contributed by atoms with Gasteiger partial charge < -0.3 is 14.9 Å². The molecule has 1 unspecified atom stereocenters. The molecule has 2 aromatic heterocycles. The first-order valence-electron chi connectivity index (χ1n) is 8.46. The SMILES string of the molecule is Cc1noc(C)c1Cn1cc(NC(=O)C(CC(=O)O)c2ccccc2)cn1. The first-order valence-corrected chi connectivity index (χ1v) is 8.46. The van der Waals surface area contributed by atoms with Gasteiger partial charge in [-0.25, -0.2) is 0 Å². The molecule has 0 aliphatic rings. The number of aromatic nitrogens is 3. The molecule has 1 aromatic carbocycles. The second-order valence-corrected chi connectivity index (χ2v) is 6.28. The molecule has 0 bridgehead atoms. The predicted octanol–water partition coefficient (Wildman–Crippen LogP) is 2.73. The smallest absolute Gasteiger partial charge is 0.304 e. The second kappa shape index (κ2) is 7.86. The lowest BCUT2D eigenvalue weighted by molar-refractivity contribution is -0.139. The number of hydrogen-bond donors (Lipinski definition) is 2. The van der Waals surface area contributed by atoms with E-state index >= 15 is 0 Å². The summed E-state index contributed by atoms with van der Waals surface area (Å²) >= 11 is 0. The number of aliphatic carboxylic acids is 1. The lowest BCUT2D eigenvalue weighted by Crippen LogP contribution is -2.23. The van der Waals surface area contributed by atoms with E-state index in [2.05, 4.69) is 15.6 Å². The number of nitrogens with zero attached hydrogens (tertiary/aromatic N) is 3. The average Bonchev–Trinajstić information content (AvgIpc) is 3.21. The maximum absolute atomic E-state index is 12.6. The highest BCUT2D eigenvalue weighted by Crippen LogP contribution is 2.22. The van der Waals surface area contributed by atoms with Crippen LogP contribution in [0.4, 0.5) is 5.69 Å². The van der Waals surface area contributed by atoms with Gasteiger partial charge >= 0.3 is 5.97 Å². The molecule has 8 nitrogen and oxygen atoms in total. The summed E-state index contributed by atoms with van der Waals surface area (Å²) in [6.45, 7) is 4.15. The standard InChI is InChI=1S/C19H20N4O4/c1-12-17(13(2)27-22-12)11-23-10-15(9-20-23)21-19(26)16(8-18(24)25)14-6-4-3-5-7-14/h3-7,9-10,16H,8,11H2,1-2H3,(H,21,26)(H,24,25). The van der Waals surface area contributed by atoms with E-state index < -0.39 is 11.9 Å². The number of anilines is 1. The van der Waals surface area contributed by atoms with Crippen LogP contribution in [-0.4, -0.2) is 31.9 Å². The van der Waals surface area contributed by atoms with Crippen molar-refractivity contribution in [3.63, 3.8) is 0 Å². The zero-order chi connectivity index (χ0) is 19.4. The van der Waals surface area contributed by atoms with Crippen LogP contribution in [-0.2, 0) is 16.1 Å². The van der Waals surface area contributed by atoms with Crippen LogP contribution < -0.4 is 5.32 Å². The molecule has 27 heavy (non-hydrogen) atoms. The van der Waals surface area contributed by atoms with E-state index in [0.717, 1.165) is 17.0 Å². The maximum Gasteiger partial charge on any atom is 0.304 e. The van der Waals surface area contributed by atoms with Gasteiger partial charge in [-0.05, 0) is 19.4 Å². The molecule has 0 aliphatic carbocycles. The second-order valence-electron chi connectivity index (χ2n) is 6.28. The molecule has 2 heterocycles. The number of aryl methyl sites for hydroxylation is 2. The summed E-state index contributed by atoms with van der Waals surface area (Å²) in [4.78, 5) is 23.8. The molecule has 0 radical (unpaired) electrons. The van der Waals surface area contributed by atoms with Crippen LogP contribution in [0.5, 0.6) is 0 Å². The van der Waals surface area contributed by atoms with Gasteiger partial charge in [-0.15, -0.1) is 0 Å². The van der Waals surface area contributed by atoms with Crippen LogP contribution in [0.1, 0.15) is 34.9 Å². The van der Waals surface area contributed by atoms with Crippen LogP contribution in [0.25, 0.3) is 0 Å². The monoisotopic (exact) mass is 368 g/mol. The van der Waals surface area contributed by atoms with E-state index in [0.29, 0.717) is 17.8 Å². The molecule has 0 saturated heterocycles. The lowest BCUT2D eigenvalue weighted by Gasteiger charge is -2.14. The Hall–Kier alpha value is -3.42. The molecule has 3 aromatic rings. The number of benzene rings is 1. The van der Waals surface area contributed by atoms with Crippen molar-refractivity contribution >= 4 is 17.6 Å². The number of amides is 1. The van der Waals surface area contributed by atoms with Crippen molar-refractivity contribution in [3.05, 3.63) is 65.3 Å². The Morgan fingerprint density at radius 1 is 1.26 bits per heavy atom. The van der Waals surface area contributed by atoms with Crippen LogP contribution in [0.3, 0.4) is 0 Å². The Bertz CT molecular complexity index is 926. The number of rotatable bonds is 7. The van der Waals surface area contributed by atoms with Gasteiger partial charge in [-0.1, -0.05) is 35.5 Å². The zero-order valence-corrected chi connectivity index (χ0v) is 15.0. The van der Waals surface area contributed by atoms with Crippen LogP contribution in [0.15, 0.2) is 47.2 Å². The first kappa shape index (κ1) is 18.4. The number of carboxylic acids is 1. The molecule has 8 heteroatoms. The highest BCUT2D eigenvalue weighted by molar-refractivity contribution is 5.97. The largest absolute Gasteiger partial charge is 0.481 e. The highest BCUT2D eigenvalue weighted by Gasteiger charge is 2.24. The molecule has 1 amide bonds. The van der Waals surface area contributed by atoms with Crippen LogP contribution in [0.2, 0.25) is 0 Å². The van der Waals surface area contributed by atoms with Gasteiger partial charge in [-0.3, -0.25) is 14.3 Å². The van der Waals surface area contributed by atoms with Crippen molar-refractivity contribution in [1.29, 1.82) is 0 Å². The van der Waals surface area contributed by atoms with Crippen molar-refractivity contribution in [2.45, 2.75) is 32.7 Å². The molecule has 1 atom stereocenters. The summed E-state index contributed by atoms with van der Waals surface area (Å²) < 4.78 is 6.80. The fourth-order valence-electron chi connectivity index (χ4n) is 2.86. The average molecular weight is 368 g/mol. The summed E-state index contributed by atoms with van der Waals surface area (Å²) in [6.07, 6.45) is 2.93. The summed E-state index contributed by atoms with van der Waals surface area (Å²) in [5, 5.41) is 20.0. The minimum absolute atomic E-state index is 0.289. The third-order valence-corrected chi connectivity index (χ3v) is 4.30. The fourth-order valence-corrected chi connectivity index (χ4v) is 2.86. The summed E-state index contributed by atoms with van der Waals surface area (Å²) in [5.74, 6) is -1.48. The Morgan fingerprint density at radius 3 is 2.63 bits per heavy atom. The number of carbonyl (C=O) groups excluding carboxylic acids is 1. The van der Waals surface area contributed by atoms with Gasteiger partial charge in [-0.2, -0.15) is 5.10 Å². The molecule has 2 N–H and O–H groups in total. The zero-order valence-electron chi connectivity index (χ0n) is 15.0. The molecule has 140 valence electrons. The van der Waals surface area contributed by atoms with Gasteiger partial charge in [0.2, 0.25) is 5.91 Å². The molecular weight excluding hydrogens is 348 g/mol. The quantitative estimate of drug-likeness (QED) is 0.663. The Morgan fingerprint density at radius 2 is 2.00 bits per heavy atom. The lowest BCUT2D eigenvalue weighted by atomic mass is 9.95. The van der Waals surface area contributed by atoms with E-state index in [-0.39, 0.29) is 12.3 Å². The van der Waals surface area contributed by atoms with Crippen LogP contribution >= 0.6 is 0 Å². The maximum atomic E-state index is 12.6. The van der Waals surface area contributed by atoms with Crippen molar-refractivity contribution in [2.24, 2.45) is 0 Å². The van der Waals surface area contributed by atoms with Gasteiger partial charge in [0.1, 0.15) is 5.76 Å². The molecule has 0 spiro atoms. The van der Waals surface area contributed by atoms with E-state index in [1.165, 1.54) is 6.20 Å². The number of nitrogens with one attached hydrogen (secondary N) is 1. The van der Waals surface area contributed by atoms with E-state index in [1.54, 1.807) is 35.1 Å². The minimum Gasteiger partial charge on any atom is -0.481 e. The Balaban J connectivity index is 1.73. The van der Waals surface area contributed by atoms with Gasteiger partial charge in [0.25, 0.3) is 0 Å². The molecule has 0 saturated carbocycles. The molecule has 0 aliphatic heterocycles.